The van der Waals surface area contributed by atoms with Crippen molar-refractivity contribution in [3.8, 4) is 0 Å². The number of carbonyl (C=O) groups excluding carboxylic acids is 1. The molecule has 1 aliphatic rings. The fourth-order valence-corrected chi connectivity index (χ4v) is 4.68. The van der Waals surface area contributed by atoms with Gasteiger partial charge in [-0.3, -0.25) is 4.79 Å². The molecule has 1 atom stereocenters. The Kier molecular flexibility index (Phi) is 4.28. The first-order chi connectivity index (χ1) is 11.6. The Morgan fingerprint density at radius 3 is 2.48 bits per heavy atom. The van der Waals surface area contributed by atoms with E-state index in [0.29, 0.717) is 11.6 Å². The van der Waals surface area contributed by atoms with Crippen molar-refractivity contribution in [2.75, 3.05) is 5.75 Å². The molecule has 0 bridgehead atoms. The number of nitrogens with one attached hydrogen (secondary N) is 1. The number of amides is 1. The van der Waals surface area contributed by atoms with Gasteiger partial charge in [0, 0.05) is 0 Å². The molecule has 0 aliphatic carbocycles. The van der Waals surface area contributed by atoms with Crippen LogP contribution >= 0.6 is 11.6 Å². The third kappa shape index (κ3) is 3.36. The molecule has 0 spiro atoms. The molecule has 0 saturated heterocycles. The Hall–Kier alpha value is -2.06. The molecule has 2 aromatic rings. The van der Waals surface area contributed by atoms with Crippen LogP contribution in [-0.4, -0.2) is 20.1 Å². The summed E-state index contributed by atoms with van der Waals surface area (Å²) in [6.07, 6.45) is -4.57. The smallest absolute Gasteiger partial charge is 0.344 e. The first-order valence-electron chi connectivity index (χ1n) is 7.09. The number of fused-ring (bicyclic) bond motifs is 1. The second-order valence-electron chi connectivity index (χ2n) is 5.54. The lowest BCUT2D eigenvalue weighted by Crippen LogP contribution is -2.29. The summed E-state index contributed by atoms with van der Waals surface area (Å²) >= 11 is 5.79. The molecule has 4 nitrogen and oxygen atoms in total. The molecule has 132 valence electrons. The van der Waals surface area contributed by atoms with Crippen molar-refractivity contribution in [3.05, 3.63) is 64.2 Å². The molecule has 1 aliphatic heterocycles. The zero-order valence-electron chi connectivity index (χ0n) is 12.5. The highest BCUT2D eigenvalue weighted by atomic mass is 35.5. The molecule has 0 saturated carbocycles. The molecule has 1 amide bonds. The van der Waals surface area contributed by atoms with E-state index in [4.69, 9.17) is 11.6 Å². The Labute approximate surface area is 146 Å². The quantitative estimate of drug-likeness (QED) is 0.853. The van der Waals surface area contributed by atoms with Crippen LogP contribution in [-0.2, 0) is 16.0 Å². The van der Waals surface area contributed by atoms with Crippen LogP contribution in [0, 0.1) is 0 Å². The van der Waals surface area contributed by atoms with Crippen LogP contribution in [0.3, 0.4) is 0 Å². The van der Waals surface area contributed by atoms with E-state index < -0.39 is 33.5 Å². The van der Waals surface area contributed by atoms with E-state index in [1.807, 2.05) is 0 Å². The monoisotopic (exact) mass is 389 g/mol. The number of carbonyl (C=O) groups is 1. The van der Waals surface area contributed by atoms with E-state index in [1.165, 1.54) is 6.07 Å². The molecule has 2 aromatic carbocycles. The number of sulfone groups is 1. The highest BCUT2D eigenvalue weighted by molar-refractivity contribution is 7.91. The van der Waals surface area contributed by atoms with E-state index in [1.54, 1.807) is 18.2 Å². The Balaban J connectivity index is 1.87. The molecule has 0 radical (unpaired) electrons. The third-order valence-corrected chi connectivity index (χ3v) is 5.99. The summed E-state index contributed by atoms with van der Waals surface area (Å²) < 4.78 is 62.2. The van der Waals surface area contributed by atoms with E-state index in [9.17, 15) is 26.4 Å². The summed E-state index contributed by atoms with van der Waals surface area (Å²) in [7, 11) is -3.52. The van der Waals surface area contributed by atoms with Crippen LogP contribution in [0.2, 0.25) is 5.02 Å². The third-order valence-electron chi connectivity index (χ3n) is 3.86. The van der Waals surface area contributed by atoms with Crippen LogP contribution < -0.4 is 5.32 Å². The van der Waals surface area contributed by atoms with Gasteiger partial charge >= 0.3 is 6.18 Å². The predicted molar refractivity (Wildman–Crippen MR) is 85.2 cm³/mol. The second-order valence-corrected chi connectivity index (χ2v) is 7.95. The van der Waals surface area contributed by atoms with Gasteiger partial charge in [-0.25, -0.2) is 8.42 Å². The van der Waals surface area contributed by atoms with Crippen molar-refractivity contribution >= 4 is 27.3 Å². The van der Waals surface area contributed by atoms with E-state index in [2.05, 4.69) is 5.32 Å². The van der Waals surface area contributed by atoms with Crippen molar-refractivity contribution in [1.82, 2.24) is 5.32 Å². The normalized spacial score (nSPS) is 18.6. The molecule has 25 heavy (non-hydrogen) atoms. The average molecular weight is 390 g/mol. The molecule has 0 fully saturated rings. The minimum absolute atomic E-state index is 0.138. The number of rotatable bonds is 2. The van der Waals surface area contributed by atoms with Crippen molar-refractivity contribution in [2.45, 2.75) is 17.1 Å². The van der Waals surface area contributed by atoms with Crippen LogP contribution in [0.1, 0.15) is 27.5 Å². The topological polar surface area (TPSA) is 63.2 Å². The van der Waals surface area contributed by atoms with E-state index >= 15 is 0 Å². The number of alkyl halides is 3. The number of halogens is 4. The highest BCUT2D eigenvalue weighted by Gasteiger charge is 2.36. The van der Waals surface area contributed by atoms with Gasteiger partial charge in [-0.15, -0.1) is 0 Å². The van der Waals surface area contributed by atoms with Gasteiger partial charge in [0.1, 0.15) is 0 Å². The molecule has 0 aromatic heterocycles. The fourth-order valence-electron chi connectivity index (χ4n) is 2.68. The summed E-state index contributed by atoms with van der Waals surface area (Å²) in [5.74, 6) is -1.05. The Morgan fingerprint density at radius 1 is 1.16 bits per heavy atom. The van der Waals surface area contributed by atoms with Gasteiger partial charge in [-0.1, -0.05) is 29.8 Å². The predicted octanol–water partition coefficient (Wildman–Crippen LogP) is 3.62. The molecule has 9 heteroatoms. The SMILES string of the molecule is O=C(NC1CS(=O)(=O)c2ccccc21)c1ccc(C(F)(F)F)cc1Cl. The van der Waals surface area contributed by atoms with Crippen LogP contribution in [0.5, 0.6) is 0 Å². The lowest BCUT2D eigenvalue weighted by Gasteiger charge is -2.14. The van der Waals surface area contributed by atoms with Gasteiger partial charge in [-0.05, 0) is 29.8 Å². The number of benzene rings is 2. The minimum Gasteiger partial charge on any atom is -0.344 e. The van der Waals surface area contributed by atoms with Crippen LogP contribution in [0.15, 0.2) is 47.4 Å². The summed E-state index contributed by atoms with van der Waals surface area (Å²) in [6.45, 7) is 0. The van der Waals surface area contributed by atoms with Gasteiger partial charge < -0.3 is 5.32 Å². The van der Waals surface area contributed by atoms with Crippen LogP contribution in [0.25, 0.3) is 0 Å². The first-order valence-corrected chi connectivity index (χ1v) is 9.12. The summed E-state index contributed by atoms with van der Waals surface area (Å²) in [5.41, 5.74) is -0.682. The fraction of sp³-hybridized carbons (Fsp3) is 0.188. The van der Waals surface area contributed by atoms with Crippen molar-refractivity contribution in [3.63, 3.8) is 0 Å². The molecule has 1 N–H and O–H groups in total. The summed E-state index contributed by atoms with van der Waals surface area (Å²) in [4.78, 5) is 12.5. The largest absolute Gasteiger partial charge is 0.416 e. The molecular formula is C16H11ClF3NO3S. The van der Waals surface area contributed by atoms with Crippen molar-refractivity contribution in [2.24, 2.45) is 0 Å². The van der Waals surface area contributed by atoms with Gasteiger partial charge in [0.2, 0.25) is 0 Å². The Morgan fingerprint density at radius 2 is 1.84 bits per heavy atom. The average Bonchev–Trinajstić information content (AvgIpc) is 2.77. The van der Waals surface area contributed by atoms with Crippen molar-refractivity contribution in [1.29, 1.82) is 0 Å². The number of hydrogen-bond acceptors (Lipinski definition) is 3. The summed E-state index contributed by atoms with van der Waals surface area (Å²) in [5, 5.41) is 2.16. The highest BCUT2D eigenvalue weighted by Crippen LogP contribution is 2.34. The lowest BCUT2D eigenvalue weighted by atomic mass is 10.1. The molecule has 1 heterocycles. The zero-order valence-corrected chi connectivity index (χ0v) is 14.0. The molecular weight excluding hydrogens is 379 g/mol. The lowest BCUT2D eigenvalue weighted by molar-refractivity contribution is -0.137. The van der Waals surface area contributed by atoms with Gasteiger partial charge in [0.15, 0.2) is 9.84 Å². The van der Waals surface area contributed by atoms with Gasteiger partial charge in [0.05, 0.1) is 32.8 Å². The minimum atomic E-state index is -4.57. The standard InChI is InChI=1S/C16H11ClF3NO3S/c17-12-7-9(16(18,19)20)5-6-10(12)15(22)21-13-8-25(23,24)14-4-2-1-3-11(13)14/h1-7,13H,8H2,(H,21,22). The maximum Gasteiger partial charge on any atom is 0.416 e. The van der Waals surface area contributed by atoms with E-state index in [-0.39, 0.29) is 21.2 Å². The maximum absolute atomic E-state index is 12.7. The maximum atomic E-state index is 12.7. The Bertz CT molecular complexity index is 957. The molecule has 1 unspecified atom stereocenters. The van der Waals surface area contributed by atoms with E-state index in [0.717, 1.165) is 12.1 Å². The van der Waals surface area contributed by atoms with Gasteiger partial charge in [-0.2, -0.15) is 13.2 Å². The molecule has 3 rings (SSSR count). The van der Waals surface area contributed by atoms with Gasteiger partial charge in [0.25, 0.3) is 5.91 Å². The van der Waals surface area contributed by atoms with Crippen molar-refractivity contribution < 1.29 is 26.4 Å². The summed E-state index contributed by atoms with van der Waals surface area (Å²) in [6, 6.07) is 7.84. The van der Waals surface area contributed by atoms with Crippen LogP contribution in [0.4, 0.5) is 13.2 Å². The zero-order chi connectivity index (χ0) is 18.4. The number of hydrogen-bond donors (Lipinski definition) is 1. The second kappa shape index (κ2) is 6.03. The first kappa shape index (κ1) is 17.8.